The minimum atomic E-state index is -1.16. The van der Waals surface area contributed by atoms with Crippen molar-refractivity contribution in [3.63, 3.8) is 0 Å². The standard InChI is InChI=1S/C26H23F2N3O4/c27-21-11-10-18(15-22(21)28)17-8-5-16(6-9-17)7-12-24(32)20(26(34)35)13-14-31-25(33)19-3-1-2-4-23(19)29-30-31/h1-6,8-11,15,20,24,32H,7,12-14H2,(H,34,35). The summed E-state index contributed by atoms with van der Waals surface area (Å²) in [5.41, 5.74) is 2.19. The lowest BCUT2D eigenvalue weighted by molar-refractivity contribution is -0.146. The Morgan fingerprint density at radius 3 is 2.37 bits per heavy atom. The summed E-state index contributed by atoms with van der Waals surface area (Å²) in [6, 6.07) is 17.5. The molecule has 180 valence electrons. The number of aliphatic hydroxyl groups is 1. The number of carboxylic acids is 1. The summed E-state index contributed by atoms with van der Waals surface area (Å²) in [4.78, 5) is 24.4. The topological polar surface area (TPSA) is 105 Å². The van der Waals surface area contributed by atoms with E-state index >= 15 is 0 Å². The van der Waals surface area contributed by atoms with Crippen molar-refractivity contribution >= 4 is 16.9 Å². The maximum absolute atomic E-state index is 13.5. The number of hydrogen-bond acceptors (Lipinski definition) is 5. The molecule has 0 saturated heterocycles. The molecular weight excluding hydrogens is 456 g/mol. The molecule has 2 unspecified atom stereocenters. The summed E-state index contributed by atoms with van der Waals surface area (Å²) in [6.07, 6.45) is -0.515. The number of fused-ring (bicyclic) bond motifs is 1. The number of benzene rings is 3. The average Bonchev–Trinajstić information content (AvgIpc) is 2.86. The van der Waals surface area contributed by atoms with Crippen molar-refractivity contribution in [1.82, 2.24) is 15.0 Å². The summed E-state index contributed by atoms with van der Waals surface area (Å²) < 4.78 is 27.7. The molecule has 0 aliphatic rings. The number of carboxylic acid groups (broad SMARTS) is 1. The molecular formula is C26H23F2N3O4. The summed E-state index contributed by atoms with van der Waals surface area (Å²) >= 11 is 0. The lowest BCUT2D eigenvalue weighted by Gasteiger charge is -2.19. The lowest BCUT2D eigenvalue weighted by atomic mass is 9.93. The van der Waals surface area contributed by atoms with Gasteiger partial charge in [-0.15, -0.1) is 5.10 Å². The SMILES string of the molecule is O=C(O)C(CCn1nnc2ccccc2c1=O)C(O)CCc1ccc(-c2ccc(F)c(F)c2)cc1. The summed E-state index contributed by atoms with van der Waals surface area (Å²) in [5, 5.41) is 28.4. The van der Waals surface area contributed by atoms with Gasteiger partial charge < -0.3 is 10.2 Å². The van der Waals surface area contributed by atoms with Crippen LogP contribution in [0.3, 0.4) is 0 Å². The number of rotatable bonds is 9. The van der Waals surface area contributed by atoms with Gasteiger partial charge in [-0.05, 0) is 60.2 Å². The minimum Gasteiger partial charge on any atom is -0.481 e. The monoisotopic (exact) mass is 479 g/mol. The number of aromatic nitrogens is 3. The number of aryl methyl sites for hydroxylation is 2. The van der Waals surface area contributed by atoms with E-state index in [1.54, 1.807) is 48.5 Å². The molecule has 3 aromatic carbocycles. The number of hydrogen-bond donors (Lipinski definition) is 2. The molecule has 0 spiro atoms. The second kappa shape index (κ2) is 10.5. The predicted octanol–water partition coefficient (Wildman–Crippen LogP) is 3.82. The largest absolute Gasteiger partial charge is 0.481 e. The fourth-order valence-electron chi connectivity index (χ4n) is 3.97. The molecule has 0 fully saturated rings. The van der Waals surface area contributed by atoms with Crippen LogP contribution in [0.4, 0.5) is 8.78 Å². The van der Waals surface area contributed by atoms with E-state index < -0.39 is 29.6 Å². The van der Waals surface area contributed by atoms with Gasteiger partial charge in [0.2, 0.25) is 0 Å². The molecule has 0 aliphatic carbocycles. The van der Waals surface area contributed by atoms with Gasteiger partial charge in [0, 0.05) is 6.54 Å². The van der Waals surface area contributed by atoms with Gasteiger partial charge in [-0.3, -0.25) is 9.59 Å². The van der Waals surface area contributed by atoms with Gasteiger partial charge >= 0.3 is 5.97 Å². The van der Waals surface area contributed by atoms with Crippen LogP contribution >= 0.6 is 0 Å². The summed E-state index contributed by atoms with van der Waals surface area (Å²) in [7, 11) is 0. The molecule has 0 saturated carbocycles. The number of aliphatic hydroxyl groups excluding tert-OH is 1. The van der Waals surface area contributed by atoms with Crippen molar-refractivity contribution in [3.8, 4) is 11.1 Å². The van der Waals surface area contributed by atoms with Gasteiger partial charge in [0.05, 0.1) is 17.4 Å². The third kappa shape index (κ3) is 5.58. The predicted molar refractivity (Wildman–Crippen MR) is 126 cm³/mol. The third-order valence-electron chi connectivity index (χ3n) is 6.00. The van der Waals surface area contributed by atoms with Crippen molar-refractivity contribution < 1.29 is 23.8 Å². The Labute approximate surface area is 199 Å². The fraction of sp³-hybridized carbons (Fsp3) is 0.231. The maximum atomic E-state index is 13.5. The zero-order chi connectivity index (χ0) is 24.9. The first-order valence-electron chi connectivity index (χ1n) is 11.1. The normalized spacial score (nSPS) is 13.0. The quantitative estimate of drug-likeness (QED) is 0.378. The highest BCUT2D eigenvalue weighted by molar-refractivity contribution is 5.76. The van der Waals surface area contributed by atoms with Gasteiger partial charge in [-0.2, -0.15) is 0 Å². The van der Waals surface area contributed by atoms with Crippen molar-refractivity contribution in [2.75, 3.05) is 0 Å². The molecule has 0 bridgehead atoms. The van der Waals surface area contributed by atoms with Gasteiger partial charge in [-0.1, -0.05) is 47.7 Å². The molecule has 7 nitrogen and oxygen atoms in total. The van der Waals surface area contributed by atoms with Gasteiger partial charge in [0.1, 0.15) is 5.52 Å². The Balaban J connectivity index is 1.38. The Morgan fingerprint density at radius 1 is 0.943 bits per heavy atom. The summed E-state index contributed by atoms with van der Waals surface area (Å²) in [5.74, 6) is -4.08. The average molecular weight is 479 g/mol. The third-order valence-corrected chi connectivity index (χ3v) is 6.00. The van der Waals surface area contributed by atoms with E-state index in [2.05, 4.69) is 10.3 Å². The number of carbonyl (C=O) groups is 1. The van der Waals surface area contributed by atoms with E-state index in [0.29, 0.717) is 28.5 Å². The van der Waals surface area contributed by atoms with E-state index in [9.17, 15) is 28.6 Å². The molecule has 35 heavy (non-hydrogen) atoms. The van der Waals surface area contributed by atoms with Crippen molar-refractivity contribution in [2.45, 2.75) is 31.9 Å². The van der Waals surface area contributed by atoms with Crippen molar-refractivity contribution in [1.29, 1.82) is 0 Å². The molecule has 2 atom stereocenters. The number of halogens is 2. The van der Waals surface area contributed by atoms with Crippen LogP contribution in [0.15, 0.2) is 71.5 Å². The molecule has 1 heterocycles. The first-order valence-corrected chi connectivity index (χ1v) is 11.1. The van der Waals surface area contributed by atoms with Crippen LogP contribution < -0.4 is 5.56 Å². The Morgan fingerprint density at radius 2 is 1.66 bits per heavy atom. The van der Waals surface area contributed by atoms with E-state index in [0.717, 1.165) is 22.4 Å². The molecule has 0 radical (unpaired) electrons. The van der Waals surface area contributed by atoms with Crippen LogP contribution in [0.1, 0.15) is 18.4 Å². The van der Waals surface area contributed by atoms with E-state index in [1.807, 2.05) is 0 Å². The highest BCUT2D eigenvalue weighted by atomic mass is 19.2. The van der Waals surface area contributed by atoms with Gasteiger partial charge in [-0.25, -0.2) is 13.5 Å². The number of nitrogens with zero attached hydrogens (tertiary/aromatic N) is 3. The maximum Gasteiger partial charge on any atom is 0.309 e. The lowest BCUT2D eigenvalue weighted by Crippen LogP contribution is -2.32. The molecule has 4 aromatic rings. The van der Waals surface area contributed by atoms with Crippen molar-refractivity contribution in [3.05, 3.63) is 94.3 Å². The molecule has 0 aliphatic heterocycles. The highest BCUT2D eigenvalue weighted by Crippen LogP contribution is 2.23. The van der Waals surface area contributed by atoms with E-state index in [-0.39, 0.29) is 24.9 Å². The fourth-order valence-corrected chi connectivity index (χ4v) is 3.97. The van der Waals surface area contributed by atoms with E-state index in [4.69, 9.17) is 0 Å². The van der Waals surface area contributed by atoms with Crippen LogP contribution in [0.5, 0.6) is 0 Å². The Bertz CT molecular complexity index is 1410. The Kier molecular flexibility index (Phi) is 7.26. The minimum absolute atomic E-state index is 0.00756. The molecule has 2 N–H and O–H groups in total. The van der Waals surface area contributed by atoms with Crippen LogP contribution in [0.2, 0.25) is 0 Å². The van der Waals surface area contributed by atoms with Crippen LogP contribution in [0.25, 0.3) is 22.0 Å². The van der Waals surface area contributed by atoms with Crippen LogP contribution in [-0.4, -0.2) is 37.3 Å². The Hall–Kier alpha value is -3.98. The summed E-state index contributed by atoms with van der Waals surface area (Å²) in [6.45, 7) is 0.00756. The molecule has 0 amide bonds. The zero-order valence-corrected chi connectivity index (χ0v) is 18.6. The highest BCUT2D eigenvalue weighted by Gasteiger charge is 2.26. The first kappa shape index (κ1) is 24.2. The second-order valence-corrected chi connectivity index (χ2v) is 8.30. The van der Waals surface area contributed by atoms with Crippen molar-refractivity contribution in [2.24, 2.45) is 5.92 Å². The molecule has 1 aromatic heterocycles. The van der Waals surface area contributed by atoms with Gasteiger partial charge in [0.15, 0.2) is 11.6 Å². The van der Waals surface area contributed by atoms with E-state index in [1.165, 1.54) is 6.07 Å². The molecule has 9 heteroatoms. The number of aliphatic carboxylic acids is 1. The van der Waals surface area contributed by atoms with Gasteiger partial charge in [0.25, 0.3) is 5.56 Å². The zero-order valence-electron chi connectivity index (χ0n) is 18.6. The second-order valence-electron chi connectivity index (χ2n) is 8.30. The molecule has 4 rings (SSSR count). The first-order chi connectivity index (χ1) is 16.8. The van der Waals surface area contributed by atoms with Crippen LogP contribution in [-0.2, 0) is 17.8 Å². The smallest absolute Gasteiger partial charge is 0.309 e. The van der Waals surface area contributed by atoms with Crippen LogP contribution in [0, 0.1) is 17.6 Å².